The summed E-state index contributed by atoms with van der Waals surface area (Å²) in [4.78, 5) is 0. The molecular formula is C9H7O. The Kier molecular flexibility index (Phi) is 1.04. The van der Waals surface area contributed by atoms with Crippen LogP contribution in [0.4, 0.5) is 0 Å². The predicted molar refractivity (Wildman–Crippen MR) is 40.9 cm³/mol. The van der Waals surface area contributed by atoms with Crippen molar-refractivity contribution >= 4 is 6.08 Å². The van der Waals surface area contributed by atoms with E-state index in [2.05, 4.69) is 6.92 Å². The van der Waals surface area contributed by atoms with Gasteiger partial charge in [-0.05, 0) is 13.0 Å². The van der Waals surface area contributed by atoms with E-state index in [1.54, 1.807) is 6.08 Å². The van der Waals surface area contributed by atoms with Gasteiger partial charge in [-0.2, -0.15) is 0 Å². The van der Waals surface area contributed by atoms with Crippen LogP contribution in [0.5, 0.6) is 11.5 Å². The molecule has 1 aromatic rings. The third-order valence-corrected chi connectivity index (χ3v) is 1.48. The van der Waals surface area contributed by atoms with E-state index in [-0.39, 0.29) is 0 Å². The third kappa shape index (κ3) is 0.711. The van der Waals surface area contributed by atoms with Gasteiger partial charge in [0, 0.05) is 5.56 Å². The number of para-hydroxylation sites is 1. The molecule has 0 fully saturated rings. The highest BCUT2D eigenvalue weighted by Crippen LogP contribution is 2.48. The lowest BCUT2D eigenvalue weighted by Crippen LogP contribution is -1.61. The van der Waals surface area contributed by atoms with Gasteiger partial charge in [0.25, 0.3) is 0 Å². The maximum Gasteiger partial charge on any atom is 0.177 e. The fraction of sp³-hybridized carbons (Fsp3) is 0. The second kappa shape index (κ2) is 1.87. The first-order chi connectivity index (χ1) is 4.92. The number of fused-ring (bicyclic) bond motifs is 1. The zero-order valence-electron chi connectivity index (χ0n) is 5.50. The first kappa shape index (κ1) is 5.54. The van der Waals surface area contributed by atoms with Crippen molar-refractivity contribution in [3.63, 3.8) is 0 Å². The molecule has 49 valence electrons. The van der Waals surface area contributed by atoms with Gasteiger partial charge in [-0.3, -0.25) is 0 Å². The molecule has 1 heteroatoms. The molecule has 0 saturated carbocycles. The number of rotatable bonds is 1. The fourth-order valence-corrected chi connectivity index (χ4v) is 0.968. The minimum atomic E-state index is 0.996. The highest BCUT2D eigenvalue weighted by Gasteiger charge is 2.21. The Morgan fingerprint density at radius 3 is 3.10 bits per heavy atom. The van der Waals surface area contributed by atoms with Gasteiger partial charge >= 0.3 is 0 Å². The lowest BCUT2D eigenvalue weighted by Gasteiger charge is -1.82. The molecule has 2 rings (SSSR count). The maximum absolute atomic E-state index is 5.14. The quantitative estimate of drug-likeness (QED) is 0.542. The summed E-state index contributed by atoms with van der Waals surface area (Å²) in [6.07, 6.45) is 3.70. The summed E-state index contributed by atoms with van der Waals surface area (Å²) in [5.74, 6) is 2.00. The average Bonchev–Trinajstić information content (AvgIpc) is 2.67. The SMILES string of the molecule is [CH2]/C=C/c1cccc2c1O2. The summed E-state index contributed by atoms with van der Waals surface area (Å²) < 4.78 is 5.14. The number of ether oxygens (including phenoxy) is 1. The monoisotopic (exact) mass is 131 g/mol. The number of benzene rings is 1. The van der Waals surface area contributed by atoms with Crippen molar-refractivity contribution in [2.75, 3.05) is 0 Å². The second-order valence-corrected chi connectivity index (χ2v) is 2.18. The van der Waals surface area contributed by atoms with Crippen LogP contribution >= 0.6 is 0 Å². The zero-order chi connectivity index (χ0) is 6.97. The molecule has 0 spiro atoms. The lowest BCUT2D eigenvalue weighted by atomic mass is 10.2. The summed E-state index contributed by atoms with van der Waals surface area (Å²) in [6.45, 7) is 3.61. The molecule has 0 atom stereocenters. The lowest BCUT2D eigenvalue weighted by molar-refractivity contribution is 0.649. The molecule has 0 amide bonds. The standard InChI is InChI=1S/C9H7O/c1-2-4-7-5-3-6-8-9(7)10-8/h2-6H,1H2/b4-2+. The van der Waals surface area contributed by atoms with E-state index in [9.17, 15) is 0 Å². The summed E-state index contributed by atoms with van der Waals surface area (Å²) in [5.41, 5.74) is 1.12. The largest absolute Gasteiger partial charge is 0.449 e. The van der Waals surface area contributed by atoms with Gasteiger partial charge < -0.3 is 4.74 Å². The molecule has 0 aromatic heterocycles. The molecule has 1 aliphatic heterocycles. The van der Waals surface area contributed by atoms with Crippen LogP contribution in [0.15, 0.2) is 24.3 Å². The minimum absolute atomic E-state index is 0.996. The number of allylic oxidation sites excluding steroid dienone is 1. The van der Waals surface area contributed by atoms with Crippen molar-refractivity contribution in [3.8, 4) is 11.5 Å². The summed E-state index contributed by atoms with van der Waals surface area (Å²) in [7, 11) is 0. The third-order valence-electron chi connectivity index (χ3n) is 1.48. The average molecular weight is 131 g/mol. The van der Waals surface area contributed by atoms with Crippen LogP contribution < -0.4 is 4.74 Å². The van der Waals surface area contributed by atoms with Crippen LogP contribution in [0.3, 0.4) is 0 Å². The van der Waals surface area contributed by atoms with E-state index in [1.165, 1.54) is 0 Å². The first-order valence-electron chi connectivity index (χ1n) is 3.18. The van der Waals surface area contributed by atoms with Gasteiger partial charge in [-0.15, -0.1) is 0 Å². The molecule has 1 heterocycles. The summed E-state index contributed by atoms with van der Waals surface area (Å²) >= 11 is 0. The van der Waals surface area contributed by atoms with Gasteiger partial charge in [0.2, 0.25) is 0 Å². The van der Waals surface area contributed by atoms with Gasteiger partial charge in [0.05, 0.1) is 0 Å². The number of hydrogen-bond acceptors (Lipinski definition) is 1. The summed E-state index contributed by atoms with van der Waals surface area (Å²) in [5, 5.41) is 0. The highest BCUT2D eigenvalue weighted by molar-refractivity contribution is 5.69. The Balaban J connectivity index is 2.46. The van der Waals surface area contributed by atoms with E-state index in [4.69, 9.17) is 4.74 Å². The topological polar surface area (TPSA) is 12.5 Å². The van der Waals surface area contributed by atoms with Crippen molar-refractivity contribution in [3.05, 3.63) is 36.8 Å². The molecule has 1 radical (unpaired) electrons. The van der Waals surface area contributed by atoms with Crippen LogP contribution in [-0.2, 0) is 0 Å². The van der Waals surface area contributed by atoms with Crippen LogP contribution in [0.2, 0.25) is 0 Å². The molecule has 0 N–H and O–H groups in total. The van der Waals surface area contributed by atoms with Crippen LogP contribution in [0, 0.1) is 6.92 Å². The van der Waals surface area contributed by atoms with E-state index < -0.39 is 0 Å². The van der Waals surface area contributed by atoms with E-state index in [0.717, 1.165) is 17.1 Å². The zero-order valence-corrected chi connectivity index (χ0v) is 5.50. The summed E-state index contributed by atoms with van der Waals surface area (Å²) in [6, 6.07) is 5.93. The first-order valence-corrected chi connectivity index (χ1v) is 3.18. The van der Waals surface area contributed by atoms with Crippen molar-refractivity contribution in [2.24, 2.45) is 0 Å². The fourth-order valence-electron chi connectivity index (χ4n) is 0.968. The molecule has 0 saturated heterocycles. The van der Waals surface area contributed by atoms with Gasteiger partial charge in [0.1, 0.15) is 0 Å². The Morgan fingerprint density at radius 2 is 2.30 bits per heavy atom. The minimum Gasteiger partial charge on any atom is -0.449 e. The Morgan fingerprint density at radius 1 is 1.40 bits per heavy atom. The molecule has 10 heavy (non-hydrogen) atoms. The van der Waals surface area contributed by atoms with Crippen LogP contribution in [0.25, 0.3) is 6.08 Å². The Bertz CT molecular complexity index is 287. The molecule has 0 unspecified atom stereocenters. The molecule has 1 aliphatic rings. The van der Waals surface area contributed by atoms with Crippen molar-refractivity contribution < 1.29 is 4.74 Å². The Hall–Kier alpha value is -1.24. The van der Waals surface area contributed by atoms with E-state index in [1.807, 2.05) is 24.3 Å². The molecule has 1 aromatic carbocycles. The predicted octanol–water partition coefficient (Wildman–Crippen LogP) is 2.64. The van der Waals surface area contributed by atoms with Crippen molar-refractivity contribution in [1.82, 2.24) is 0 Å². The van der Waals surface area contributed by atoms with Crippen molar-refractivity contribution in [1.29, 1.82) is 0 Å². The van der Waals surface area contributed by atoms with Gasteiger partial charge in [0.15, 0.2) is 11.5 Å². The highest BCUT2D eigenvalue weighted by atomic mass is 16.6. The molecule has 0 aliphatic carbocycles. The number of hydrogen-bond donors (Lipinski definition) is 0. The van der Waals surface area contributed by atoms with E-state index >= 15 is 0 Å². The van der Waals surface area contributed by atoms with E-state index in [0.29, 0.717) is 0 Å². The second-order valence-electron chi connectivity index (χ2n) is 2.18. The maximum atomic E-state index is 5.14. The molecule has 0 bridgehead atoms. The Labute approximate surface area is 59.9 Å². The van der Waals surface area contributed by atoms with Crippen LogP contribution in [0.1, 0.15) is 5.56 Å². The normalized spacial score (nSPS) is 12.9. The van der Waals surface area contributed by atoms with Crippen molar-refractivity contribution in [2.45, 2.75) is 0 Å². The van der Waals surface area contributed by atoms with Crippen LogP contribution in [-0.4, -0.2) is 0 Å². The molecule has 1 nitrogen and oxygen atoms in total. The van der Waals surface area contributed by atoms with Gasteiger partial charge in [-0.25, -0.2) is 0 Å². The molecular weight excluding hydrogens is 124 g/mol. The smallest absolute Gasteiger partial charge is 0.177 e. The van der Waals surface area contributed by atoms with Gasteiger partial charge in [-0.1, -0.05) is 24.3 Å².